The highest BCUT2D eigenvalue weighted by molar-refractivity contribution is 6.30. The van der Waals surface area contributed by atoms with Gasteiger partial charge in [-0.25, -0.2) is 4.39 Å². The van der Waals surface area contributed by atoms with Crippen molar-refractivity contribution in [2.24, 2.45) is 5.41 Å². The van der Waals surface area contributed by atoms with Crippen molar-refractivity contribution in [3.05, 3.63) is 76.7 Å². The third-order valence-electron chi connectivity index (χ3n) is 7.24. The predicted octanol–water partition coefficient (Wildman–Crippen LogP) is 6.26. The SMILES string of the molecule is O=C(N[C@@H]1CC[C@]12CC[C@H](c1ccnc3ccc(F)cc31)CC2)c1ccc(Cl)cc1. The minimum absolute atomic E-state index is 0.0199. The minimum atomic E-state index is -0.215. The summed E-state index contributed by atoms with van der Waals surface area (Å²) in [6, 6.07) is 14.2. The lowest BCUT2D eigenvalue weighted by Crippen LogP contribution is -2.56. The van der Waals surface area contributed by atoms with Crippen LogP contribution in [0.3, 0.4) is 0 Å². The van der Waals surface area contributed by atoms with Gasteiger partial charge in [0.1, 0.15) is 5.82 Å². The lowest BCUT2D eigenvalue weighted by Gasteiger charge is -2.53. The van der Waals surface area contributed by atoms with E-state index in [0.29, 0.717) is 16.5 Å². The molecule has 2 saturated carbocycles. The van der Waals surface area contributed by atoms with Crippen molar-refractivity contribution in [1.29, 1.82) is 0 Å². The number of hydrogen-bond donors (Lipinski definition) is 1. The van der Waals surface area contributed by atoms with Crippen molar-refractivity contribution in [2.75, 3.05) is 0 Å². The summed E-state index contributed by atoms with van der Waals surface area (Å²) in [7, 11) is 0. The van der Waals surface area contributed by atoms with E-state index in [1.165, 1.54) is 11.6 Å². The molecule has 1 spiro atoms. The standard InChI is InChI=1S/C25H24ClFN2O/c26-18-3-1-17(2-4-18)24(30)29-23-9-13-25(23)11-7-16(8-12-25)20-10-14-28-22-6-5-19(27)15-21(20)22/h1-6,10,14-16,23H,7-9,11-13H2,(H,29,30)/t16-,23-,25+/m1/s1. The number of carbonyl (C=O) groups is 1. The van der Waals surface area contributed by atoms with Crippen molar-refractivity contribution in [1.82, 2.24) is 10.3 Å². The topological polar surface area (TPSA) is 42.0 Å². The van der Waals surface area contributed by atoms with Gasteiger partial charge in [-0.2, -0.15) is 0 Å². The molecule has 154 valence electrons. The summed E-state index contributed by atoms with van der Waals surface area (Å²) in [4.78, 5) is 17.0. The number of carbonyl (C=O) groups excluding carboxylic acids is 1. The van der Waals surface area contributed by atoms with Gasteiger partial charge in [-0.1, -0.05) is 11.6 Å². The first kappa shape index (κ1) is 19.5. The number of fused-ring (bicyclic) bond motifs is 1. The summed E-state index contributed by atoms with van der Waals surface area (Å²) >= 11 is 5.93. The summed E-state index contributed by atoms with van der Waals surface area (Å²) in [5.74, 6) is 0.178. The van der Waals surface area contributed by atoms with Gasteiger partial charge in [0.05, 0.1) is 5.52 Å². The van der Waals surface area contributed by atoms with Crippen molar-refractivity contribution in [3.63, 3.8) is 0 Å². The third kappa shape index (κ3) is 3.47. The van der Waals surface area contributed by atoms with Crippen molar-refractivity contribution in [2.45, 2.75) is 50.5 Å². The first-order valence-corrected chi connectivity index (χ1v) is 11.0. The highest BCUT2D eigenvalue weighted by Gasteiger charge is 2.49. The molecule has 3 aromatic rings. The lowest BCUT2D eigenvalue weighted by molar-refractivity contribution is 0.0173. The Hall–Kier alpha value is -2.46. The molecule has 3 nitrogen and oxygen atoms in total. The number of amides is 1. The maximum absolute atomic E-state index is 13.8. The number of nitrogens with zero attached hydrogens (tertiary/aromatic N) is 1. The minimum Gasteiger partial charge on any atom is -0.349 e. The van der Waals surface area contributed by atoms with E-state index in [1.807, 2.05) is 12.3 Å². The van der Waals surface area contributed by atoms with Gasteiger partial charge in [0, 0.05) is 28.2 Å². The molecule has 0 unspecified atom stereocenters. The van der Waals surface area contributed by atoms with E-state index in [0.717, 1.165) is 49.4 Å². The fourth-order valence-corrected chi connectivity index (χ4v) is 5.49. The average Bonchev–Trinajstić information content (AvgIpc) is 2.77. The van der Waals surface area contributed by atoms with E-state index >= 15 is 0 Å². The average molecular weight is 423 g/mol. The Morgan fingerprint density at radius 3 is 2.47 bits per heavy atom. The second kappa shape index (κ2) is 7.66. The Kier molecular flexibility index (Phi) is 4.98. The number of nitrogens with one attached hydrogen (secondary N) is 1. The molecule has 30 heavy (non-hydrogen) atoms. The van der Waals surface area contributed by atoms with Gasteiger partial charge in [0.15, 0.2) is 0 Å². The van der Waals surface area contributed by atoms with Gasteiger partial charge < -0.3 is 5.32 Å². The van der Waals surface area contributed by atoms with Crippen LogP contribution in [0.25, 0.3) is 10.9 Å². The van der Waals surface area contributed by atoms with Crippen molar-refractivity contribution < 1.29 is 9.18 Å². The van der Waals surface area contributed by atoms with Gasteiger partial charge in [0.2, 0.25) is 0 Å². The van der Waals surface area contributed by atoms with Crippen molar-refractivity contribution >= 4 is 28.4 Å². The molecule has 2 aromatic carbocycles. The number of benzene rings is 2. The molecule has 1 heterocycles. The smallest absolute Gasteiger partial charge is 0.251 e. The highest BCUT2D eigenvalue weighted by Crippen LogP contribution is 2.55. The molecule has 1 N–H and O–H groups in total. The van der Waals surface area contributed by atoms with E-state index in [2.05, 4.69) is 10.3 Å². The van der Waals surface area contributed by atoms with Crippen LogP contribution in [0.15, 0.2) is 54.7 Å². The fraction of sp³-hybridized carbons (Fsp3) is 0.360. The Labute approximate surface area is 180 Å². The number of halogens is 2. The maximum atomic E-state index is 13.8. The van der Waals surface area contributed by atoms with E-state index in [4.69, 9.17) is 11.6 Å². The predicted molar refractivity (Wildman–Crippen MR) is 117 cm³/mol. The molecule has 2 fully saturated rings. The number of pyridine rings is 1. The maximum Gasteiger partial charge on any atom is 0.251 e. The molecule has 0 radical (unpaired) electrons. The first-order valence-electron chi connectivity index (χ1n) is 10.6. The summed E-state index contributed by atoms with van der Waals surface area (Å²) in [5.41, 5.74) is 2.91. The molecule has 1 atom stereocenters. The molecule has 0 aliphatic heterocycles. The summed E-state index contributed by atoms with van der Waals surface area (Å²) in [6.45, 7) is 0. The van der Waals surface area contributed by atoms with Crippen LogP contribution in [0, 0.1) is 11.2 Å². The molecule has 5 heteroatoms. The fourth-order valence-electron chi connectivity index (χ4n) is 5.36. The summed E-state index contributed by atoms with van der Waals surface area (Å²) < 4.78 is 13.8. The zero-order valence-corrected chi connectivity index (χ0v) is 17.5. The summed E-state index contributed by atoms with van der Waals surface area (Å²) in [6.07, 6.45) is 8.32. The Balaban J connectivity index is 1.28. The van der Waals surface area contributed by atoms with Gasteiger partial charge in [0.25, 0.3) is 5.91 Å². The molecular weight excluding hydrogens is 399 g/mol. The molecule has 1 amide bonds. The normalized spacial score (nSPS) is 25.8. The van der Waals surface area contributed by atoms with E-state index < -0.39 is 0 Å². The van der Waals surface area contributed by atoms with Crippen LogP contribution in [-0.4, -0.2) is 16.9 Å². The van der Waals surface area contributed by atoms with Crippen LogP contribution in [-0.2, 0) is 0 Å². The summed E-state index contributed by atoms with van der Waals surface area (Å²) in [5, 5.41) is 4.83. The van der Waals surface area contributed by atoms with Crippen LogP contribution >= 0.6 is 11.6 Å². The Morgan fingerprint density at radius 2 is 1.77 bits per heavy atom. The second-order valence-corrected chi connectivity index (χ2v) is 9.21. The Bertz CT molecular complexity index is 1090. The lowest BCUT2D eigenvalue weighted by atomic mass is 9.55. The van der Waals surface area contributed by atoms with E-state index in [1.54, 1.807) is 36.4 Å². The molecular formula is C25H24ClFN2O. The van der Waals surface area contributed by atoms with E-state index in [-0.39, 0.29) is 23.2 Å². The van der Waals surface area contributed by atoms with Gasteiger partial charge in [-0.3, -0.25) is 9.78 Å². The van der Waals surface area contributed by atoms with Crippen LogP contribution in [0.5, 0.6) is 0 Å². The largest absolute Gasteiger partial charge is 0.349 e. The molecule has 5 rings (SSSR count). The molecule has 1 aromatic heterocycles. The van der Waals surface area contributed by atoms with Gasteiger partial charge >= 0.3 is 0 Å². The quantitative estimate of drug-likeness (QED) is 0.541. The van der Waals surface area contributed by atoms with Gasteiger partial charge in [-0.05, 0) is 104 Å². The second-order valence-electron chi connectivity index (χ2n) is 8.77. The molecule has 0 bridgehead atoms. The Morgan fingerprint density at radius 1 is 1.03 bits per heavy atom. The monoisotopic (exact) mass is 422 g/mol. The van der Waals surface area contributed by atoms with E-state index in [9.17, 15) is 9.18 Å². The van der Waals surface area contributed by atoms with Crippen LogP contribution in [0.2, 0.25) is 5.02 Å². The number of aromatic nitrogens is 1. The zero-order chi connectivity index (χ0) is 20.7. The number of hydrogen-bond acceptors (Lipinski definition) is 2. The molecule has 0 saturated heterocycles. The zero-order valence-electron chi connectivity index (χ0n) is 16.7. The van der Waals surface area contributed by atoms with Gasteiger partial charge in [-0.15, -0.1) is 0 Å². The highest BCUT2D eigenvalue weighted by atomic mass is 35.5. The van der Waals surface area contributed by atoms with Crippen LogP contribution < -0.4 is 5.32 Å². The van der Waals surface area contributed by atoms with Crippen molar-refractivity contribution in [3.8, 4) is 0 Å². The third-order valence-corrected chi connectivity index (χ3v) is 7.49. The molecule has 2 aliphatic rings. The molecule has 2 aliphatic carbocycles. The van der Waals surface area contributed by atoms with Crippen LogP contribution in [0.4, 0.5) is 4.39 Å². The first-order chi connectivity index (χ1) is 14.5. The van der Waals surface area contributed by atoms with Crippen LogP contribution in [0.1, 0.15) is 60.4 Å². The number of rotatable bonds is 3.